The van der Waals surface area contributed by atoms with Gasteiger partial charge in [0.2, 0.25) is 0 Å². The first-order chi connectivity index (χ1) is 9.33. The van der Waals surface area contributed by atoms with Crippen LogP contribution in [-0.2, 0) is 0 Å². The highest BCUT2D eigenvalue weighted by Crippen LogP contribution is 2.37. The van der Waals surface area contributed by atoms with Crippen molar-refractivity contribution in [2.75, 3.05) is 6.54 Å². The lowest BCUT2D eigenvalue weighted by Gasteiger charge is -2.36. The molecular weight excluding hydrogens is 254 g/mol. The third kappa shape index (κ3) is 4.46. The summed E-state index contributed by atoms with van der Waals surface area (Å²) in [6.45, 7) is 5.55. The van der Waals surface area contributed by atoms with Crippen LogP contribution in [-0.4, -0.2) is 27.8 Å². The zero-order valence-corrected chi connectivity index (χ0v) is 12.8. The molecule has 0 radical (unpaired) electrons. The van der Waals surface area contributed by atoms with Crippen molar-refractivity contribution in [2.45, 2.75) is 62.3 Å². The van der Waals surface area contributed by atoms with Crippen LogP contribution in [0.5, 0.6) is 0 Å². The van der Waals surface area contributed by atoms with Crippen LogP contribution in [0.15, 0.2) is 23.6 Å². The lowest BCUT2D eigenvalue weighted by Crippen LogP contribution is -2.42. The predicted molar refractivity (Wildman–Crippen MR) is 81.4 cm³/mol. The van der Waals surface area contributed by atoms with E-state index in [1.807, 2.05) is 18.0 Å². The van der Waals surface area contributed by atoms with E-state index >= 15 is 0 Å². The topological polar surface area (TPSA) is 37.8 Å². The molecule has 1 heterocycles. The van der Waals surface area contributed by atoms with Gasteiger partial charge in [-0.2, -0.15) is 0 Å². The Morgan fingerprint density at radius 3 is 2.89 bits per heavy atom. The molecule has 0 bridgehead atoms. The quantitative estimate of drug-likeness (QED) is 0.864. The summed E-state index contributed by atoms with van der Waals surface area (Å²) < 4.78 is 0. The number of hydrogen-bond acceptors (Lipinski definition) is 4. The molecule has 2 rings (SSSR count). The summed E-state index contributed by atoms with van der Waals surface area (Å²) in [5.41, 5.74) is 0. The Bertz CT molecular complexity index is 358. The maximum absolute atomic E-state index is 4.41. The van der Waals surface area contributed by atoms with E-state index in [1.54, 1.807) is 12.4 Å². The molecule has 1 aromatic heterocycles. The van der Waals surface area contributed by atoms with Gasteiger partial charge in [0.15, 0.2) is 0 Å². The fourth-order valence-corrected chi connectivity index (χ4v) is 4.33. The lowest BCUT2D eigenvalue weighted by atomic mass is 9.83. The second-order valence-electron chi connectivity index (χ2n) is 5.33. The van der Waals surface area contributed by atoms with Gasteiger partial charge in [0, 0.05) is 23.7 Å². The molecule has 3 atom stereocenters. The van der Waals surface area contributed by atoms with E-state index in [0.29, 0.717) is 11.3 Å². The molecule has 106 valence electrons. The zero-order valence-electron chi connectivity index (χ0n) is 12.0. The number of rotatable bonds is 6. The molecule has 1 N–H and O–H groups in total. The molecule has 0 aliphatic heterocycles. The molecule has 1 fully saturated rings. The molecule has 1 aliphatic rings. The minimum atomic E-state index is 0.630. The lowest BCUT2D eigenvalue weighted by molar-refractivity contribution is 0.289. The third-order valence-corrected chi connectivity index (χ3v) is 5.15. The largest absolute Gasteiger partial charge is 0.313 e. The van der Waals surface area contributed by atoms with Crippen LogP contribution in [0.4, 0.5) is 0 Å². The molecular formula is C15H25N3S. The van der Waals surface area contributed by atoms with Crippen LogP contribution in [0.25, 0.3) is 0 Å². The summed E-state index contributed by atoms with van der Waals surface area (Å²) in [5, 5.41) is 5.35. The SMILES string of the molecule is CCCC1CCC(NCC)C(Sc2cnccn2)C1. The van der Waals surface area contributed by atoms with Crippen molar-refractivity contribution in [1.29, 1.82) is 0 Å². The van der Waals surface area contributed by atoms with Gasteiger partial charge < -0.3 is 5.32 Å². The van der Waals surface area contributed by atoms with E-state index in [-0.39, 0.29) is 0 Å². The molecule has 1 aromatic rings. The first-order valence-corrected chi connectivity index (χ1v) is 8.37. The van der Waals surface area contributed by atoms with Crippen LogP contribution in [0, 0.1) is 5.92 Å². The number of aromatic nitrogens is 2. The Morgan fingerprint density at radius 1 is 1.32 bits per heavy atom. The summed E-state index contributed by atoms with van der Waals surface area (Å²) >= 11 is 1.91. The fourth-order valence-electron chi connectivity index (χ4n) is 3.01. The van der Waals surface area contributed by atoms with Gasteiger partial charge in [-0.05, 0) is 31.7 Å². The Morgan fingerprint density at radius 2 is 2.21 bits per heavy atom. The number of hydrogen-bond donors (Lipinski definition) is 1. The van der Waals surface area contributed by atoms with E-state index in [9.17, 15) is 0 Å². The number of thioether (sulfide) groups is 1. The number of nitrogens with zero attached hydrogens (tertiary/aromatic N) is 2. The molecule has 4 heteroatoms. The van der Waals surface area contributed by atoms with Gasteiger partial charge in [0.05, 0.1) is 6.20 Å². The summed E-state index contributed by atoms with van der Waals surface area (Å²) in [6, 6.07) is 0.630. The normalized spacial score (nSPS) is 27.4. The minimum absolute atomic E-state index is 0.630. The van der Waals surface area contributed by atoms with Crippen molar-refractivity contribution in [3.63, 3.8) is 0 Å². The monoisotopic (exact) mass is 279 g/mol. The van der Waals surface area contributed by atoms with Gasteiger partial charge in [-0.15, -0.1) is 0 Å². The van der Waals surface area contributed by atoms with Gasteiger partial charge in [-0.1, -0.05) is 38.5 Å². The first kappa shape index (κ1) is 14.8. The van der Waals surface area contributed by atoms with Gasteiger partial charge >= 0.3 is 0 Å². The maximum atomic E-state index is 4.41. The first-order valence-electron chi connectivity index (χ1n) is 7.49. The zero-order chi connectivity index (χ0) is 13.5. The van der Waals surface area contributed by atoms with Crippen molar-refractivity contribution in [2.24, 2.45) is 5.92 Å². The van der Waals surface area contributed by atoms with E-state index in [1.165, 1.54) is 32.1 Å². The average Bonchev–Trinajstić information content (AvgIpc) is 2.43. The second kappa shape index (κ2) is 7.85. The highest BCUT2D eigenvalue weighted by atomic mass is 32.2. The highest BCUT2D eigenvalue weighted by molar-refractivity contribution is 7.99. The van der Waals surface area contributed by atoms with Crippen molar-refractivity contribution in [3.05, 3.63) is 18.6 Å². The van der Waals surface area contributed by atoms with Gasteiger partial charge in [0.1, 0.15) is 5.03 Å². The predicted octanol–water partition coefficient (Wildman–Crippen LogP) is 3.52. The van der Waals surface area contributed by atoms with E-state index < -0.39 is 0 Å². The molecule has 19 heavy (non-hydrogen) atoms. The Kier molecular flexibility index (Phi) is 6.11. The molecule has 3 unspecified atom stereocenters. The van der Waals surface area contributed by atoms with Crippen LogP contribution >= 0.6 is 11.8 Å². The smallest absolute Gasteiger partial charge is 0.115 e. The molecule has 1 aliphatic carbocycles. The van der Waals surface area contributed by atoms with Crippen LogP contribution in [0.3, 0.4) is 0 Å². The van der Waals surface area contributed by atoms with Crippen molar-refractivity contribution < 1.29 is 0 Å². The molecule has 0 spiro atoms. The molecule has 1 saturated carbocycles. The number of nitrogens with one attached hydrogen (secondary N) is 1. The Balaban J connectivity index is 1.98. The fraction of sp³-hybridized carbons (Fsp3) is 0.733. The van der Waals surface area contributed by atoms with Gasteiger partial charge in [-0.3, -0.25) is 4.98 Å². The van der Waals surface area contributed by atoms with Gasteiger partial charge in [-0.25, -0.2) is 4.98 Å². The molecule has 0 amide bonds. The van der Waals surface area contributed by atoms with Crippen molar-refractivity contribution in [1.82, 2.24) is 15.3 Å². The van der Waals surface area contributed by atoms with Crippen molar-refractivity contribution >= 4 is 11.8 Å². The summed E-state index contributed by atoms with van der Waals surface area (Å²) in [6.07, 6.45) is 12.1. The highest BCUT2D eigenvalue weighted by Gasteiger charge is 2.30. The van der Waals surface area contributed by atoms with E-state index in [0.717, 1.165) is 17.5 Å². The summed E-state index contributed by atoms with van der Waals surface area (Å²) in [4.78, 5) is 8.58. The molecule has 0 saturated heterocycles. The van der Waals surface area contributed by atoms with Crippen LogP contribution in [0.1, 0.15) is 46.0 Å². The Labute approximate surface area is 121 Å². The second-order valence-corrected chi connectivity index (χ2v) is 6.59. The Hall–Kier alpha value is -0.610. The maximum Gasteiger partial charge on any atom is 0.115 e. The third-order valence-electron chi connectivity index (χ3n) is 3.88. The van der Waals surface area contributed by atoms with E-state index in [4.69, 9.17) is 0 Å². The standard InChI is InChI=1S/C15H25N3S/c1-3-5-12-6-7-13(17-4-2)14(10-12)19-15-11-16-8-9-18-15/h8-9,11-14,17H,3-7,10H2,1-2H3. The molecule has 3 nitrogen and oxygen atoms in total. The summed E-state index contributed by atoms with van der Waals surface area (Å²) in [7, 11) is 0. The minimum Gasteiger partial charge on any atom is -0.313 e. The summed E-state index contributed by atoms with van der Waals surface area (Å²) in [5.74, 6) is 0.897. The van der Waals surface area contributed by atoms with Gasteiger partial charge in [0.25, 0.3) is 0 Å². The van der Waals surface area contributed by atoms with Crippen molar-refractivity contribution in [3.8, 4) is 0 Å². The molecule has 0 aromatic carbocycles. The van der Waals surface area contributed by atoms with Crippen LogP contribution in [0.2, 0.25) is 0 Å². The average molecular weight is 279 g/mol. The van der Waals surface area contributed by atoms with Crippen LogP contribution < -0.4 is 5.32 Å². The van der Waals surface area contributed by atoms with E-state index in [2.05, 4.69) is 29.1 Å².